The maximum atomic E-state index is 13.4. The first-order valence-corrected chi connectivity index (χ1v) is 8.94. The van der Waals surface area contributed by atoms with Gasteiger partial charge in [0.1, 0.15) is 11.3 Å². The van der Waals surface area contributed by atoms with Crippen molar-refractivity contribution in [3.05, 3.63) is 53.8 Å². The lowest BCUT2D eigenvalue weighted by Gasteiger charge is -2.34. The lowest BCUT2D eigenvalue weighted by molar-refractivity contribution is 0.134. The zero-order valence-electron chi connectivity index (χ0n) is 14.7. The number of halogens is 1. The van der Waals surface area contributed by atoms with E-state index >= 15 is 0 Å². The first-order chi connectivity index (χ1) is 12.1. The summed E-state index contributed by atoms with van der Waals surface area (Å²) in [7, 11) is 0. The number of oxazole rings is 1. The van der Waals surface area contributed by atoms with E-state index in [2.05, 4.69) is 35.9 Å². The van der Waals surface area contributed by atoms with Gasteiger partial charge in [0, 0.05) is 25.2 Å². The smallest absolute Gasteiger partial charge is 0.227 e. The molecule has 0 spiro atoms. The van der Waals surface area contributed by atoms with Gasteiger partial charge in [-0.1, -0.05) is 26.0 Å². The molecule has 2 aromatic carbocycles. The van der Waals surface area contributed by atoms with Crippen LogP contribution < -0.4 is 0 Å². The molecular formula is C21H23FN2O. The van der Waals surface area contributed by atoms with E-state index in [9.17, 15) is 4.39 Å². The van der Waals surface area contributed by atoms with Crippen molar-refractivity contribution >= 4 is 11.1 Å². The lowest BCUT2D eigenvalue weighted by atomic mass is 9.91. The quantitative estimate of drug-likeness (QED) is 0.664. The zero-order chi connectivity index (χ0) is 17.4. The van der Waals surface area contributed by atoms with E-state index in [1.807, 2.05) is 12.1 Å². The zero-order valence-corrected chi connectivity index (χ0v) is 14.7. The van der Waals surface area contributed by atoms with Crippen molar-refractivity contribution in [1.82, 2.24) is 9.88 Å². The molecule has 4 rings (SSSR count). The van der Waals surface area contributed by atoms with E-state index in [0.717, 1.165) is 42.6 Å². The van der Waals surface area contributed by atoms with Crippen molar-refractivity contribution < 1.29 is 8.81 Å². The summed E-state index contributed by atoms with van der Waals surface area (Å²) in [6.45, 7) is 7.89. The molecule has 0 N–H and O–H groups in total. The highest BCUT2D eigenvalue weighted by Crippen LogP contribution is 2.27. The SMILES string of the molecule is CC1CC(C)CN(Cc2ccc3oc(-c4cccc(F)c4)nc3c2)C1. The van der Waals surface area contributed by atoms with Gasteiger partial charge in [-0.25, -0.2) is 9.37 Å². The van der Waals surface area contributed by atoms with Crippen LogP contribution in [-0.2, 0) is 6.54 Å². The molecule has 1 aliphatic rings. The summed E-state index contributed by atoms with van der Waals surface area (Å²) in [5.74, 6) is 1.68. The summed E-state index contributed by atoms with van der Waals surface area (Å²) >= 11 is 0. The number of nitrogens with zero attached hydrogens (tertiary/aromatic N) is 2. The summed E-state index contributed by atoms with van der Waals surface area (Å²) < 4.78 is 19.2. The van der Waals surface area contributed by atoms with Crippen LogP contribution in [0.15, 0.2) is 46.9 Å². The molecule has 1 fully saturated rings. The topological polar surface area (TPSA) is 29.3 Å². The average Bonchev–Trinajstić information content (AvgIpc) is 2.97. The highest BCUT2D eigenvalue weighted by Gasteiger charge is 2.22. The Morgan fingerprint density at radius 2 is 1.92 bits per heavy atom. The van der Waals surface area contributed by atoms with Crippen LogP contribution in [0.2, 0.25) is 0 Å². The molecule has 1 aliphatic heterocycles. The third kappa shape index (κ3) is 3.59. The van der Waals surface area contributed by atoms with Gasteiger partial charge in [-0.15, -0.1) is 0 Å². The molecule has 0 bridgehead atoms. The first-order valence-electron chi connectivity index (χ1n) is 8.94. The Balaban J connectivity index is 1.58. The van der Waals surface area contributed by atoms with Crippen LogP contribution in [0.4, 0.5) is 4.39 Å². The first kappa shape index (κ1) is 16.3. The van der Waals surface area contributed by atoms with Gasteiger partial charge in [0.05, 0.1) is 0 Å². The molecule has 2 unspecified atom stereocenters. The van der Waals surface area contributed by atoms with Crippen LogP contribution in [0.3, 0.4) is 0 Å². The number of likely N-dealkylation sites (tertiary alicyclic amines) is 1. The number of fused-ring (bicyclic) bond motifs is 1. The fourth-order valence-electron chi connectivity index (χ4n) is 4.00. The molecule has 25 heavy (non-hydrogen) atoms. The molecule has 0 amide bonds. The molecule has 2 atom stereocenters. The van der Waals surface area contributed by atoms with E-state index in [1.54, 1.807) is 6.07 Å². The molecule has 2 heterocycles. The van der Waals surface area contributed by atoms with Gasteiger partial charge in [-0.3, -0.25) is 4.90 Å². The second kappa shape index (κ2) is 6.60. The number of benzene rings is 2. The fourth-order valence-corrected chi connectivity index (χ4v) is 4.00. The molecule has 1 saturated heterocycles. The third-order valence-corrected chi connectivity index (χ3v) is 4.87. The van der Waals surface area contributed by atoms with Gasteiger partial charge < -0.3 is 4.42 Å². The number of rotatable bonds is 3. The van der Waals surface area contributed by atoms with Gasteiger partial charge in [0.25, 0.3) is 0 Å². The molecular weight excluding hydrogens is 315 g/mol. The second-order valence-corrected chi connectivity index (χ2v) is 7.47. The second-order valence-electron chi connectivity index (χ2n) is 7.47. The maximum absolute atomic E-state index is 13.4. The van der Waals surface area contributed by atoms with E-state index < -0.39 is 0 Å². The standard InChI is InChI=1S/C21H23FN2O/c1-14-8-15(2)12-24(11-14)13-16-6-7-20-19(9-16)23-21(25-20)17-4-3-5-18(22)10-17/h3-7,9-10,14-15H,8,11-13H2,1-2H3. The van der Waals surface area contributed by atoms with Gasteiger partial charge in [-0.05, 0) is 54.2 Å². The minimum atomic E-state index is -0.284. The Morgan fingerprint density at radius 3 is 2.68 bits per heavy atom. The summed E-state index contributed by atoms with van der Waals surface area (Å²) in [5, 5.41) is 0. The summed E-state index contributed by atoms with van der Waals surface area (Å²) in [6, 6.07) is 12.5. The predicted molar refractivity (Wildman–Crippen MR) is 97.6 cm³/mol. The van der Waals surface area contributed by atoms with Crippen molar-refractivity contribution in [3.63, 3.8) is 0 Å². The number of aromatic nitrogens is 1. The maximum Gasteiger partial charge on any atom is 0.227 e. The van der Waals surface area contributed by atoms with E-state index in [4.69, 9.17) is 4.42 Å². The predicted octanol–water partition coefficient (Wildman–Crippen LogP) is 5.11. The minimum Gasteiger partial charge on any atom is -0.436 e. The van der Waals surface area contributed by atoms with E-state index in [-0.39, 0.29) is 5.82 Å². The molecule has 1 aromatic heterocycles. The molecule has 4 heteroatoms. The van der Waals surface area contributed by atoms with Crippen molar-refractivity contribution in [2.45, 2.75) is 26.8 Å². The van der Waals surface area contributed by atoms with Crippen LogP contribution in [-0.4, -0.2) is 23.0 Å². The number of hydrogen-bond acceptors (Lipinski definition) is 3. The van der Waals surface area contributed by atoms with E-state index in [0.29, 0.717) is 11.5 Å². The highest BCUT2D eigenvalue weighted by molar-refractivity contribution is 5.76. The monoisotopic (exact) mass is 338 g/mol. The summed E-state index contributed by atoms with van der Waals surface area (Å²) in [6.07, 6.45) is 1.32. The Kier molecular flexibility index (Phi) is 4.30. The number of hydrogen-bond donors (Lipinski definition) is 0. The van der Waals surface area contributed by atoms with Crippen LogP contribution in [0.25, 0.3) is 22.6 Å². The fraction of sp³-hybridized carbons (Fsp3) is 0.381. The van der Waals surface area contributed by atoms with Gasteiger partial charge in [0.2, 0.25) is 5.89 Å². The molecule has 3 aromatic rings. The van der Waals surface area contributed by atoms with Crippen molar-refractivity contribution in [3.8, 4) is 11.5 Å². The molecule has 3 nitrogen and oxygen atoms in total. The van der Waals surface area contributed by atoms with Gasteiger partial charge in [-0.2, -0.15) is 0 Å². The molecule has 0 saturated carbocycles. The van der Waals surface area contributed by atoms with Crippen molar-refractivity contribution in [2.75, 3.05) is 13.1 Å². The third-order valence-electron chi connectivity index (χ3n) is 4.87. The Hall–Kier alpha value is -2.20. The van der Waals surface area contributed by atoms with Crippen LogP contribution in [0.1, 0.15) is 25.8 Å². The molecule has 0 radical (unpaired) electrons. The van der Waals surface area contributed by atoms with Crippen LogP contribution >= 0.6 is 0 Å². The Labute approximate surface area is 147 Å². The average molecular weight is 338 g/mol. The Morgan fingerprint density at radius 1 is 1.12 bits per heavy atom. The Bertz CT molecular complexity index is 878. The van der Waals surface area contributed by atoms with E-state index in [1.165, 1.54) is 24.1 Å². The highest BCUT2D eigenvalue weighted by atomic mass is 19.1. The summed E-state index contributed by atoms with van der Waals surface area (Å²) in [5.41, 5.74) is 3.47. The normalized spacial score (nSPS) is 21.7. The van der Waals surface area contributed by atoms with Crippen LogP contribution in [0, 0.1) is 17.7 Å². The lowest BCUT2D eigenvalue weighted by Crippen LogP contribution is -2.38. The summed E-state index contributed by atoms with van der Waals surface area (Å²) in [4.78, 5) is 7.08. The molecule has 0 aliphatic carbocycles. The van der Waals surface area contributed by atoms with Gasteiger partial charge >= 0.3 is 0 Å². The van der Waals surface area contributed by atoms with Crippen molar-refractivity contribution in [2.24, 2.45) is 11.8 Å². The largest absolute Gasteiger partial charge is 0.436 e. The number of piperidine rings is 1. The molecule has 130 valence electrons. The minimum absolute atomic E-state index is 0.284. The van der Waals surface area contributed by atoms with Crippen LogP contribution in [0.5, 0.6) is 0 Å². The van der Waals surface area contributed by atoms with Crippen molar-refractivity contribution in [1.29, 1.82) is 0 Å². The van der Waals surface area contributed by atoms with Gasteiger partial charge in [0.15, 0.2) is 5.58 Å².